The van der Waals surface area contributed by atoms with Crippen molar-refractivity contribution in [1.82, 2.24) is 4.31 Å². The number of ether oxygens (including phenoxy) is 2. The highest BCUT2D eigenvalue weighted by atomic mass is 32.2. The molecule has 0 atom stereocenters. The Kier molecular flexibility index (Phi) is 14.6. The smallest absolute Gasteiger partial charge is 0.337 e. The van der Waals surface area contributed by atoms with E-state index in [1.165, 1.54) is 30.7 Å². The van der Waals surface area contributed by atoms with Crippen LogP contribution in [0.3, 0.4) is 0 Å². The summed E-state index contributed by atoms with van der Waals surface area (Å²) in [4.78, 5) is 53.8. The van der Waals surface area contributed by atoms with Crippen LogP contribution in [0, 0.1) is 5.92 Å². The molecule has 2 fully saturated rings. The van der Waals surface area contributed by atoms with Gasteiger partial charge in [-0.15, -0.1) is 0 Å². The molecule has 1 aliphatic carbocycles. The van der Waals surface area contributed by atoms with Crippen LogP contribution in [0.15, 0.2) is 95.9 Å². The molecule has 1 heterocycles. The summed E-state index contributed by atoms with van der Waals surface area (Å²) in [5.41, 5.74) is 4.98. The molecule has 0 unspecified atom stereocenters. The standard InChI is InChI=1S/C46H54N4O8S/c1-4-50(38-24-20-35(21-25-38)46(54)58-3)59(55,56)40-13-9-12-36(30-40)43(51)48-42-27-26-39(49-28-6-5-7-29-49)31-41(42)44(52)47-37-22-16-33(17-23-37)11-8-10-32-14-18-34(19-15-32)45(53)57-2/h9,12-19,22-23,26-27,30-31,35,38H,4-8,10-11,20-21,24-25,28-29H2,1-3H3,(H,47,52)(H,48,51)/t35-,38-. The normalized spacial score (nSPS) is 16.9. The first-order valence-electron chi connectivity index (χ1n) is 20.5. The number of amides is 2. The first kappa shape index (κ1) is 43.1. The Morgan fingerprint density at radius 3 is 2.02 bits per heavy atom. The summed E-state index contributed by atoms with van der Waals surface area (Å²) in [7, 11) is -1.24. The van der Waals surface area contributed by atoms with E-state index in [4.69, 9.17) is 9.47 Å². The Hall–Kier alpha value is -5.53. The van der Waals surface area contributed by atoms with Crippen molar-refractivity contribution >= 4 is 50.8 Å². The lowest BCUT2D eigenvalue weighted by atomic mass is 9.86. The minimum Gasteiger partial charge on any atom is -0.469 e. The number of carbonyl (C=O) groups is 4. The highest BCUT2D eigenvalue weighted by molar-refractivity contribution is 7.89. The molecular formula is C46H54N4O8S. The Morgan fingerprint density at radius 1 is 0.729 bits per heavy atom. The zero-order chi connectivity index (χ0) is 41.9. The molecule has 2 amide bonds. The number of sulfonamides is 1. The molecular weight excluding hydrogens is 769 g/mol. The second-order valence-electron chi connectivity index (χ2n) is 15.2. The van der Waals surface area contributed by atoms with Gasteiger partial charge in [-0.3, -0.25) is 14.4 Å². The second-order valence-corrected chi connectivity index (χ2v) is 17.1. The minimum atomic E-state index is -3.97. The van der Waals surface area contributed by atoms with Crippen molar-refractivity contribution in [3.05, 3.63) is 119 Å². The largest absolute Gasteiger partial charge is 0.469 e. The molecule has 13 heteroatoms. The Bertz CT molecular complexity index is 2210. The average molecular weight is 823 g/mol. The van der Waals surface area contributed by atoms with Crippen molar-refractivity contribution < 1.29 is 37.1 Å². The van der Waals surface area contributed by atoms with Crippen LogP contribution in [0.25, 0.3) is 0 Å². The number of hydrogen-bond donors (Lipinski definition) is 2. The van der Waals surface area contributed by atoms with Crippen molar-refractivity contribution in [3.63, 3.8) is 0 Å². The van der Waals surface area contributed by atoms with Gasteiger partial charge in [-0.2, -0.15) is 4.31 Å². The van der Waals surface area contributed by atoms with Gasteiger partial charge < -0.3 is 25.0 Å². The van der Waals surface area contributed by atoms with Gasteiger partial charge in [0.05, 0.1) is 41.8 Å². The third-order valence-corrected chi connectivity index (χ3v) is 13.4. The molecule has 4 aromatic carbocycles. The monoisotopic (exact) mass is 822 g/mol. The quantitative estimate of drug-likeness (QED) is 0.114. The van der Waals surface area contributed by atoms with Crippen molar-refractivity contribution in [2.75, 3.05) is 49.4 Å². The molecule has 0 bridgehead atoms. The van der Waals surface area contributed by atoms with Crippen LogP contribution in [0.1, 0.15) is 100 Å². The van der Waals surface area contributed by atoms with Gasteiger partial charge >= 0.3 is 11.9 Å². The van der Waals surface area contributed by atoms with E-state index in [1.54, 1.807) is 43.3 Å². The molecule has 2 aliphatic rings. The van der Waals surface area contributed by atoms with Crippen molar-refractivity contribution in [2.45, 2.75) is 82.1 Å². The number of nitrogens with zero attached hydrogens (tertiary/aromatic N) is 2. The van der Waals surface area contributed by atoms with E-state index in [1.807, 2.05) is 42.5 Å². The predicted octanol–water partition coefficient (Wildman–Crippen LogP) is 7.89. The second kappa shape index (κ2) is 20.0. The van der Waals surface area contributed by atoms with Gasteiger partial charge in [-0.05, 0) is 136 Å². The Morgan fingerprint density at radius 2 is 1.39 bits per heavy atom. The van der Waals surface area contributed by atoms with Crippen LogP contribution in [0.5, 0.6) is 0 Å². The number of anilines is 3. The van der Waals surface area contributed by atoms with Crippen LogP contribution in [-0.4, -0.2) is 76.4 Å². The topological polar surface area (TPSA) is 151 Å². The van der Waals surface area contributed by atoms with Gasteiger partial charge in [0.2, 0.25) is 10.0 Å². The molecule has 59 heavy (non-hydrogen) atoms. The fourth-order valence-corrected chi connectivity index (χ4v) is 9.81. The van der Waals surface area contributed by atoms with E-state index in [-0.39, 0.29) is 52.4 Å². The van der Waals surface area contributed by atoms with Crippen LogP contribution < -0.4 is 15.5 Å². The third-order valence-electron chi connectivity index (χ3n) is 11.4. The summed E-state index contributed by atoms with van der Waals surface area (Å²) < 4.78 is 39.1. The van der Waals surface area contributed by atoms with E-state index in [9.17, 15) is 27.6 Å². The molecule has 0 aromatic heterocycles. The maximum Gasteiger partial charge on any atom is 0.337 e. The lowest BCUT2D eigenvalue weighted by Crippen LogP contribution is -2.43. The van der Waals surface area contributed by atoms with Crippen molar-refractivity contribution in [1.29, 1.82) is 0 Å². The number of esters is 2. The lowest BCUT2D eigenvalue weighted by Gasteiger charge is -2.34. The molecule has 12 nitrogen and oxygen atoms in total. The number of carbonyl (C=O) groups excluding carboxylic acids is 4. The Balaban J connectivity index is 1.14. The van der Waals surface area contributed by atoms with Gasteiger partial charge in [0, 0.05) is 42.6 Å². The molecule has 1 aliphatic heterocycles. The van der Waals surface area contributed by atoms with E-state index in [2.05, 4.69) is 15.5 Å². The molecule has 0 spiro atoms. The number of hydrogen-bond acceptors (Lipinski definition) is 9. The molecule has 2 N–H and O–H groups in total. The van der Waals surface area contributed by atoms with Gasteiger partial charge in [0.25, 0.3) is 11.8 Å². The third kappa shape index (κ3) is 10.8. The summed E-state index contributed by atoms with van der Waals surface area (Å²) in [6.07, 6.45) is 8.00. The van der Waals surface area contributed by atoms with Gasteiger partial charge in [0.1, 0.15) is 0 Å². The molecule has 4 aromatic rings. The first-order valence-corrected chi connectivity index (χ1v) is 21.9. The van der Waals surface area contributed by atoms with Gasteiger partial charge in [0.15, 0.2) is 0 Å². The minimum absolute atomic E-state index is 0.00163. The van der Waals surface area contributed by atoms with Gasteiger partial charge in [-0.1, -0.05) is 37.3 Å². The highest BCUT2D eigenvalue weighted by Gasteiger charge is 2.35. The van der Waals surface area contributed by atoms with Crippen LogP contribution in [0.4, 0.5) is 17.1 Å². The average Bonchev–Trinajstić information content (AvgIpc) is 3.27. The Labute approximate surface area is 347 Å². The zero-order valence-corrected chi connectivity index (χ0v) is 34.9. The SMILES string of the molecule is CCN([C@H]1CC[C@H](C(=O)OC)CC1)S(=O)(=O)c1cccc(C(=O)Nc2ccc(N3CCCCC3)cc2C(=O)Nc2ccc(CCCc3ccc(C(=O)OC)cc3)cc2)c1. The summed E-state index contributed by atoms with van der Waals surface area (Å²) in [5, 5.41) is 5.90. The highest BCUT2D eigenvalue weighted by Crippen LogP contribution is 2.32. The van der Waals surface area contributed by atoms with Crippen LogP contribution >= 0.6 is 0 Å². The van der Waals surface area contributed by atoms with Crippen molar-refractivity contribution in [2.24, 2.45) is 5.92 Å². The number of methoxy groups -OCH3 is 2. The van der Waals surface area contributed by atoms with Crippen LogP contribution in [-0.2, 0) is 37.1 Å². The molecule has 312 valence electrons. The van der Waals surface area contributed by atoms with E-state index in [0.29, 0.717) is 42.6 Å². The fraction of sp³-hybridized carbons (Fsp3) is 0.391. The van der Waals surface area contributed by atoms with Crippen molar-refractivity contribution in [3.8, 4) is 0 Å². The molecule has 6 rings (SSSR count). The number of piperidine rings is 1. The maximum atomic E-state index is 14.0. The number of aryl methyl sites for hydroxylation is 2. The van der Waals surface area contributed by atoms with Gasteiger partial charge in [-0.25, -0.2) is 13.2 Å². The number of rotatable bonds is 15. The summed E-state index contributed by atoms with van der Waals surface area (Å²) in [6, 6.07) is 26.2. The van der Waals surface area contributed by atoms with E-state index < -0.39 is 15.9 Å². The zero-order valence-electron chi connectivity index (χ0n) is 34.1. The summed E-state index contributed by atoms with van der Waals surface area (Å²) >= 11 is 0. The number of nitrogens with one attached hydrogen (secondary N) is 2. The summed E-state index contributed by atoms with van der Waals surface area (Å²) in [5.74, 6) is -1.80. The predicted molar refractivity (Wildman–Crippen MR) is 228 cm³/mol. The number of benzene rings is 4. The molecule has 0 radical (unpaired) electrons. The van der Waals surface area contributed by atoms with Crippen LogP contribution in [0.2, 0.25) is 0 Å². The fourth-order valence-electron chi connectivity index (χ4n) is 8.07. The maximum absolute atomic E-state index is 14.0. The molecule has 1 saturated heterocycles. The first-order chi connectivity index (χ1) is 28.5. The van der Waals surface area contributed by atoms with E-state index in [0.717, 1.165) is 68.4 Å². The van der Waals surface area contributed by atoms with E-state index >= 15 is 0 Å². The summed E-state index contributed by atoms with van der Waals surface area (Å²) in [6.45, 7) is 3.77. The molecule has 1 saturated carbocycles. The lowest BCUT2D eigenvalue weighted by molar-refractivity contribution is -0.146.